The summed E-state index contributed by atoms with van der Waals surface area (Å²) in [6.07, 6.45) is 0. The lowest BCUT2D eigenvalue weighted by Crippen LogP contribution is -2.03. The van der Waals surface area contributed by atoms with Crippen LogP contribution in [-0.4, -0.2) is 28.2 Å². The summed E-state index contributed by atoms with van der Waals surface area (Å²) < 4.78 is 9.07. The molecule has 16 rings (SSSR count). The topological polar surface area (TPSA) is 97.4 Å². The van der Waals surface area contributed by atoms with E-state index in [-0.39, 0.29) is 5.56 Å². The van der Waals surface area contributed by atoms with Crippen LogP contribution in [0.3, 0.4) is 0 Å². The van der Waals surface area contributed by atoms with Crippen molar-refractivity contribution < 1.29 is 0 Å². The van der Waals surface area contributed by atoms with Crippen molar-refractivity contribution in [1.82, 2.24) is 28.2 Å². The smallest absolute Gasteiger partial charge is 0.211 e. The Labute approximate surface area is 469 Å². The van der Waals surface area contributed by atoms with Crippen molar-refractivity contribution in [3.05, 3.63) is 271 Å². The fraction of sp³-hybridized carbons (Fsp3) is 0. The van der Waals surface area contributed by atoms with Crippen molar-refractivity contribution in [1.29, 1.82) is 10.5 Å². The molecule has 0 unspecified atom stereocenters. The van der Waals surface area contributed by atoms with Gasteiger partial charge in [0.2, 0.25) is 5.69 Å². The second-order valence-corrected chi connectivity index (χ2v) is 20.5. The van der Waals surface area contributed by atoms with Gasteiger partial charge in [-0.05, 0) is 90.5 Å². The Morgan fingerprint density at radius 2 is 0.780 bits per heavy atom. The van der Waals surface area contributed by atoms with Crippen LogP contribution in [0, 0.1) is 29.2 Å². The number of nitrogens with zero attached hydrogens (tertiary/aromatic N) is 9. The van der Waals surface area contributed by atoms with E-state index in [9.17, 15) is 10.5 Å². The van der Waals surface area contributed by atoms with Crippen LogP contribution in [0.1, 0.15) is 11.1 Å². The number of fused-ring (bicyclic) bond motifs is 14. The first-order valence-electron chi connectivity index (χ1n) is 27.1. The van der Waals surface area contributed by atoms with E-state index in [1.165, 1.54) is 0 Å². The highest BCUT2D eigenvalue weighted by Crippen LogP contribution is 2.46. The van der Waals surface area contributed by atoms with E-state index in [1.54, 1.807) is 0 Å². The maximum Gasteiger partial charge on any atom is 0.211 e. The van der Waals surface area contributed by atoms with E-state index in [4.69, 9.17) is 16.5 Å². The molecule has 0 atom stereocenters. The predicted octanol–water partition coefficient (Wildman–Crippen LogP) is 18.2. The fourth-order valence-corrected chi connectivity index (χ4v) is 12.8. The molecule has 0 aliphatic heterocycles. The first-order valence-corrected chi connectivity index (χ1v) is 27.1. The quantitative estimate of drug-likeness (QED) is 0.149. The van der Waals surface area contributed by atoms with Crippen molar-refractivity contribution >= 4 is 92.9 Å². The zero-order valence-electron chi connectivity index (χ0n) is 43.7. The molecule has 9 nitrogen and oxygen atoms in total. The van der Waals surface area contributed by atoms with Gasteiger partial charge in [-0.1, -0.05) is 164 Å². The molecule has 9 heteroatoms. The third-order valence-corrected chi connectivity index (χ3v) is 16.3. The van der Waals surface area contributed by atoms with Crippen molar-refractivity contribution in [2.24, 2.45) is 0 Å². The number of nitriles is 2. The largest absolute Gasteiger partial charge is 0.318 e. The number of benzene rings is 11. The van der Waals surface area contributed by atoms with Crippen LogP contribution in [-0.2, 0) is 0 Å². The van der Waals surface area contributed by atoms with Gasteiger partial charge in [-0.25, -0.2) is 14.8 Å². The molecule has 0 amide bonds. The molecule has 0 saturated heterocycles. The Morgan fingerprint density at radius 3 is 1.27 bits per heavy atom. The Bertz CT molecular complexity index is 5170. The van der Waals surface area contributed by atoms with Gasteiger partial charge in [-0.2, -0.15) is 10.5 Å². The average molecular weight is 1040 g/mol. The molecule has 0 N–H and O–H groups in total. The van der Waals surface area contributed by atoms with E-state index in [0.717, 1.165) is 104 Å². The van der Waals surface area contributed by atoms with E-state index < -0.39 is 0 Å². The Morgan fingerprint density at radius 1 is 0.354 bits per heavy atom. The summed E-state index contributed by atoms with van der Waals surface area (Å²) in [5, 5.41) is 31.4. The second-order valence-electron chi connectivity index (χ2n) is 20.5. The van der Waals surface area contributed by atoms with Gasteiger partial charge >= 0.3 is 0 Å². The number of hydrogen-bond acceptors (Lipinski definition) is 4. The summed E-state index contributed by atoms with van der Waals surface area (Å²) in [6.45, 7) is 8.85. The highest BCUT2D eigenvalue weighted by atomic mass is 15.0. The minimum atomic E-state index is 0.222. The first kappa shape index (κ1) is 46.3. The summed E-state index contributed by atoms with van der Waals surface area (Å²) in [4.78, 5) is 14.6. The number of para-hydroxylation sites is 6. The van der Waals surface area contributed by atoms with Gasteiger partial charge in [-0.15, -0.1) is 0 Å². The van der Waals surface area contributed by atoms with Crippen LogP contribution in [0.25, 0.3) is 149 Å². The zero-order valence-corrected chi connectivity index (χ0v) is 43.7. The third kappa shape index (κ3) is 6.71. The minimum Gasteiger partial charge on any atom is -0.318 e. The molecule has 5 heterocycles. The Balaban J connectivity index is 0.901. The summed E-state index contributed by atoms with van der Waals surface area (Å²) >= 11 is 0. The van der Waals surface area contributed by atoms with Crippen molar-refractivity contribution in [3.8, 4) is 68.8 Å². The summed E-state index contributed by atoms with van der Waals surface area (Å²) in [7, 11) is 0. The molecule has 5 aromatic heterocycles. The van der Waals surface area contributed by atoms with Crippen LogP contribution in [0.15, 0.2) is 249 Å². The monoisotopic (exact) mass is 1040 g/mol. The molecular weight excluding hydrogens is 1000 g/mol. The van der Waals surface area contributed by atoms with Crippen molar-refractivity contribution in [2.75, 3.05) is 0 Å². The number of hydrogen-bond donors (Lipinski definition) is 0. The maximum atomic E-state index is 11.4. The summed E-state index contributed by atoms with van der Waals surface area (Å²) in [5.41, 5.74) is 15.4. The maximum absolute atomic E-state index is 11.4. The molecule has 0 aliphatic carbocycles. The molecule has 11 aromatic carbocycles. The Kier molecular flexibility index (Phi) is 10.2. The van der Waals surface area contributed by atoms with Gasteiger partial charge in [0.25, 0.3) is 0 Å². The Hall–Kier alpha value is -11.8. The first-order chi connectivity index (χ1) is 40.6. The molecule has 0 spiro atoms. The summed E-state index contributed by atoms with van der Waals surface area (Å²) in [5.74, 6) is 0.403. The van der Waals surface area contributed by atoms with Crippen molar-refractivity contribution in [2.45, 2.75) is 0 Å². The number of aromatic nitrogens is 6. The SMILES string of the molecule is [C-]#[N+]c1cc(-c2nc(-c3ccccc3)nc(-c3ccc(-n4c5ccccc5c5ccc6c(c7ccccc7n6-c6ccccc6)c54)c(C#N)c3)c2C#N)ccc1-n1c2ccccc2c2ccc3c(c4ccccc4n3-c3ccccc3)c21. The molecular formula is C73H41N9. The van der Waals surface area contributed by atoms with Gasteiger partial charge < -0.3 is 18.3 Å². The van der Waals surface area contributed by atoms with E-state index in [1.807, 2.05) is 91.0 Å². The normalized spacial score (nSPS) is 11.6. The minimum absolute atomic E-state index is 0.222. The van der Waals surface area contributed by atoms with Crippen LogP contribution in [0.4, 0.5) is 5.69 Å². The van der Waals surface area contributed by atoms with Gasteiger partial charge in [0, 0.05) is 65.6 Å². The molecule has 0 aliphatic rings. The van der Waals surface area contributed by atoms with Gasteiger partial charge in [0.1, 0.15) is 17.7 Å². The standard InChI is InChI=1S/C73H41N9/c1-76-58-42-47(34-38-64(58)82-61-30-16-12-26-52(61)54-36-40-66-68(72(54)82)56-28-14-18-32-63(56)80(66)50-23-9-4-10-24-50)70-57(44-75)69(77-73(78-70)45-19-5-2-6-20-45)46-33-37-59(48(41-46)43-74)81-60-29-15-11-25-51(60)53-35-39-65-67(71(53)81)55-27-13-17-31-62(55)79(65)49-21-7-3-8-22-49/h2-42H. The zero-order chi connectivity index (χ0) is 54.6. The molecule has 0 bridgehead atoms. The van der Waals surface area contributed by atoms with E-state index in [0.29, 0.717) is 51.0 Å². The van der Waals surface area contributed by atoms with Crippen LogP contribution < -0.4 is 0 Å². The highest BCUT2D eigenvalue weighted by Gasteiger charge is 2.27. The highest BCUT2D eigenvalue weighted by molar-refractivity contribution is 6.28. The van der Waals surface area contributed by atoms with Crippen LogP contribution in [0.2, 0.25) is 0 Å². The van der Waals surface area contributed by atoms with Gasteiger partial charge in [0.05, 0.1) is 79.0 Å². The van der Waals surface area contributed by atoms with Crippen LogP contribution >= 0.6 is 0 Å². The average Bonchev–Trinajstić information content (AvgIpc) is 3.83. The fourth-order valence-electron chi connectivity index (χ4n) is 12.8. The molecule has 16 aromatic rings. The molecule has 0 saturated carbocycles. The predicted molar refractivity (Wildman–Crippen MR) is 331 cm³/mol. The van der Waals surface area contributed by atoms with Crippen LogP contribution in [0.5, 0.6) is 0 Å². The molecule has 0 fully saturated rings. The van der Waals surface area contributed by atoms with E-state index in [2.05, 4.69) is 193 Å². The molecule has 378 valence electrons. The van der Waals surface area contributed by atoms with E-state index >= 15 is 0 Å². The van der Waals surface area contributed by atoms with Crippen molar-refractivity contribution in [3.63, 3.8) is 0 Å². The lowest BCUT2D eigenvalue weighted by Gasteiger charge is -2.16. The van der Waals surface area contributed by atoms with Gasteiger partial charge in [-0.3, -0.25) is 0 Å². The third-order valence-electron chi connectivity index (χ3n) is 16.3. The molecule has 0 radical (unpaired) electrons. The van der Waals surface area contributed by atoms with Gasteiger partial charge in [0.15, 0.2) is 5.82 Å². The lowest BCUT2D eigenvalue weighted by molar-refractivity contribution is 1.15. The lowest BCUT2D eigenvalue weighted by atomic mass is 9.98. The second kappa shape index (κ2) is 18.1. The summed E-state index contributed by atoms with van der Waals surface area (Å²) in [6, 6.07) is 89.7. The number of rotatable bonds is 7. The molecule has 82 heavy (non-hydrogen) atoms.